The maximum Gasteiger partial charge on any atom is 1.00 e. The van der Waals surface area contributed by atoms with E-state index in [4.69, 9.17) is 0 Å². The number of carbonyl (C=O) groups is 3. The van der Waals surface area contributed by atoms with Crippen molar-refractivity contribution in [2.75, 3.05) is 11.4 Å². The number of hydrogen-bond donors (Lipinski definition) is 0. The van der Waals surface area contributed by atoms with Crippen molar-refractivity contribution in [1.82, 2.24) is 0 Å². The number of amides is 1. The van der Waals surface area contributed by atoms with Crippen LogP contribution in [-0.2, 0) is 9.59 Å². The minimum atomic E-state index is -0.360. The Hall–Kier alpha value is -1.10. The Kier molecular flexibility index (Phi) is 7.59. The fourth-order valence-corrected chi connectivity index (χ4v) is 1.57. The van der Waals surface area contributed by atoms with Crippen LogP contribution >= 0.6 is 0 Å². The summed E-state index contributed by atoms with van der Waals surface area (Å²) in [5.41, 5.74) is 1.06. The quantitative estimate of drug-likeness (QED) is 0.215. The van der Waals surface area contributed by atoms with E-state index in [0.717, 1.165) is 6.42 Å². The SMILES string of the molecule is CCN(C(C)=O)c1cccc(C(=O)[CH-]C=O)c1.[Na+]. The smallest absolute Gasteiger partial charge is 0.331 e. The Bertz CT molecular complexity index is 446. The Labute approximate surface area is 129 Å². The molecule has 1 amide bonds. The monoisotopic (exact) mass is 255 g/mol. The minimum absolute atomic E-state index is 0. The second-order valence-corrected chi connectivity index (χ2v) is 3.48. The number of Topliss-reactive ketones (excluding diaryl/α,β-unsaturated/α-hetero) is 1. The van der Waals surface area contributed by atoms with Gasteiger partial charge in [0.15, 0.2) is 0 Å². The summed E-state index contributed by atoms with van der Waals surface area (Å²) in [4.78, 5) is 34.6. The first-order valence-electron chi connectivity index (χ1n) is 5.31. The van der Waals surface area contributed by atoms with Crippen LogP contribution < -0.4 is 34.5 Å². The number of hydrogen-bond acceptors (Lipinski definition) is 3. The van der Waals surface area contributed by atoms with Gasteiger partial charge in [-0.05, 0) is 13.0 Å². The van der Waals surface area contributed by atoms with Crippen molar-refractivity contribution in [3.8, 4) is 0 Å². The number of aldehydes is 1. The average Bonchev–Trinajstić information content (AvgIpc) is 2.30. The van der Waals surface area contributed by atoms with Gasteiger partial charge in [0, 0.05) is 24.9 Å². The van der Waals surface area contributed by atoms with Gasteiger partial charge in [-0.25, -0.2) is 0 Å². The number of benzene rings is 1. The summed E-state index contributed by atoms with van der Waals surface area (Å²) in [6, 6.07) is 6.66. The van der Waals surface area contributed by atoms with E-state index in [1.807, 2.05) is 6.92 Å². The van der Waals surface area contributed by atoms with Crippen molar-refractivity contribution in [1.29, 1.82) is 0 Å². The van der Waals surface area contributed by atoms with Crippen LogP contribution in [0.5, 0.6) is 0 Å². The normalized spacial score (nSPS) is 9.00. The first kappa shape index (κ1) is 16.9. The zero-order chi connectivity index (χ0) is 12.8. The largest absolute Gasteiger partial charge is 1.00 e. The van der Waals surface area contributed by atoms with Crippen LogP contribution in [0.3, 0.4) is 0 Å². The number of rotatable bonds is 5. The van der Waals surface area contributed by atoms with Gasteiger partial charge in [0.25, 0.3) is 0 Å². The van der Waals surface area contributed by atoms with Gasteiger partial charge in [0.05, 0.1) is 6.29 Å². The molecule has 18 heavy (non-hydrogen) atoms. The molecule has 0 spiro atoms. The van der Waals surface area contributed by atoms with Crippen molar-refractivity contribution in [2.45, 2.75) is 13.8 Å². The molecule has 0 aromatic heterocycles. The fraction of sp³-hybridized carbons (Fsp3) is 0.231. The van der Waals surface area contributed by atoms with E-state index in [1.165, 1.54) is 6.92 Å². The second kappa shape index (κ2) is 8.08. The van der Waals surface area contributed by atoms with Crippen LogP contribution in [0.15, 0.2) is 24.3 Å². The fourth-order valence-electron chi connectivity index (χ4n) is 1.57. The molecular formula is C13H14NNaO3. The van der Waals surface area contributed by atoms with Crippen LogP contribution in [0.2, 0.25) is 0 Å². The van der Waals surface area contributed by atoms with E-state index in [1.54, 1.807) is 29.2 Å². The summed E-state index contributed by atoms with van der Waals surface area (Å²) < 4.78 is 0. The molecule has 0 heterocycles. The molecule has 0 radical (unpaired) electrons. The molecule has 0 aliphatic rings. The summed E-state index contributed by atoms with van der Waals surface area (Å²) in [6.45, 7) is 3.85. The van der Waals surface area contributed by atoms with Gasteiger partial charge < -0.3 is 14.5 Å². The van der Waals surface area contributed by atoms with Gasteiger partial charge in [-0.2, -0.15) is 0 Å². The van der Waals surface area contributed by atoms with Crippen molar-refractivity contribution in [3.05, 3.63) is 36.2 Å². The first-order valence-corrected chi connectivity index (χ1v) is 5.31. The molecule has 1 rings (SSSR count). The molecule has 90 valence electrons. The third-order valence-electron chi connectivity index (χ3n) is 2.36. The van der Waals surface area contributed by atoms with Crippen molar-refractivity contribution < 1.29 is 43.9 Å². The molecule has 0 unspecified atom stereocenters. The molecular weight excluding hydrogens is 241 g/mol. The maximum absolute atomic E-state index is 11.5. The van der Waals surface area contributed by atoms with Crippen LogP contribution in [0, 0.1) is 6.42 Å². The van der Waals surface area contributed by atoms with Crippen molar-refractivity contribution in [3.63, 3.8) is 0 Å². The standard InChI is InChI=1S/C13H14NO3.Na/c1-3-14(10(2)16)12-6-4-5-11(9-12)13(17)7-8-15;/h4-9H,3H2,1-2H3;/q-1;+1. The van der Waals surface area contributed by atoms with E-state index in [9.17, 15) is 14.4 Å². The third-order valence-corrected chi connectivity index (χ3v) is 2.36. The summed E-state index contributed by atoms with van der Waals surface area (Å²) in [5, 5.41) is 0. The number of ketones is 1. The molecule has 0 aliphatic heterocycles. The third kappa shape index (κ3) is 4.29. The van der Waals surface area contributed by atoms with Gasteiger partial charge in [-0.1, -0.05) is 6.07 Å². The van der Waals surface area contributed by atoms with Crippen LogP contribution in [0.1, 0.15) is 24.2 Å². The Morgan fingerprint density at radius 2 is 2.06 bits per heavy atom. The van der Waals surface area contributed by atoms with Gasteiger partial charge >= 0.3 is 29.6 Å². The number of nitrogens with zero attached hydrogens (tertiary/aromatic N) is 1. The van der Waals surface area contributed by atoms with Gasteiger partial charge in [-0.3, -0.25) is 4.79 Å². The topological polar surface area (TPSA) is 54.5 Å². The Morgan fingerprint density at radius 3 is 2.56 bits per heavy atom. The molecule has 1 aromatic rings. The van der Waals surface area contributed by atoms with Crippen LogP contribution in [-0.4, -0.2) is 24.5 Å². The summed E-state index contributed by atoms with van der Waals surface area (Å²) in [7, 11) is 0. The molecule has 0 fully saturated rings. The molecule has 0 bridgehead atoms. The Morgan fingerprint density at radius 1 is 1.39 bits per heavy atom. The average molecular weight is 255 g/mol. The molecule has 0 atom stereocenters. The van der Waals surface area contributed by atoms with Crippen LogP contribution in [0.4, 0.5) is 5.69 Å². The summed E-state index contributed by atoms with van der Waals surface area (Å²) >= 11 is 0. The number of anilines is 1. The summed E-state index contributed by atoms with van der Waals surface area (Å²) in [5.74, 6) is -0.446. The zero-order valence-corrected chi connectivity index (χ0v) is 12.8. The molecule has 4 nitrogen and oxygen atoms in total. The molecule has 0 saturated heterocycles. The van der Waals surface area contributed by atoms with Gasteiger partial charge in [-0.15, -0.1) is 24.1 Å². The van der Waals surface area contributed by atoms with E-state index in [-0.39, 0.29) is 41.2 Å². The van der Waals surface area contributed by atoms with E-state index in [2.05, 4.69) is 0 Å². The number of carbonyl (C=O) groups excluding carboxylic acids is 3. The van der Waals surface area contributed by atoms with E-state index >= 15 is 0 Å². The Balaban J connectivity index is 0.00000289. The molecule has 0 saturated carbocycles. The van der Waals surface area contributed by atoms with Gasteiger partial charge in [0.2, 0.25) is 5.91 Å². The predicted octanol–water partition coefficient (Wildman–Crippen LogP) is -1.35. The van der Waals surface area contributed by atoms with E-state index < -0.39 is 0 Å². The second-order valence-electron chi connectivity index (χ2n) is 3.48. The van der Waals surface area contributed by atoms with Gasteiger partial charge in [0.1, 0.15) is 0 Å². The molecule has 1 aromatic carbocycles. The zero-order valence-electron chi connectivity index (χ0n) is 10.8. The molecule has 0 aliphatic carbocycles. The molecule has 5 heteroatoms. The van der Waals surface area contributed by atoms with Crippen molar-refractivity contribution in [2.24, 2.45) is 0 Å². The van der Waals surface area contributed by atoms with Crippen molar-refractivity contribution >= 4 is 23.7 Å². The minimum Gasteiger partial charge on any atom is -0.331 e. The molecule has 0 N–H and O–H groups in total. The first-order chi connectivity index (χ1) is 8.10. The summed E-state index contributed by atoms with van der Waals surface area (Å²) in [6.07, 6.45) is 1.42. The van der Waals surface area contributed by atoms with Crippen LogP contribution in [0.25, 0.3) is 0 Å². The predicted molar refractivity (Wildman–Crippen MR) is 64.8 cm³/mol. The van der Waals surface area contributed by atoms with E-state index in [0.29, 0.717) is 24.1 Å². The maximum atomic E-state index is 11.5.